The van der Waals surface area contributed by atoms with Crippen LogP contribution in [-0.4, -0.2) is 13.1 Å². The van der Waals surface area contributed by atoms with Crippen molar-refractivity contribution in [2.24, 2.45) is 17.8 Å². The van der Waals surface area contributed by atoms with E-state index in [9.17, 15) is 4.39 Å². The Morgan fingerprint density at radius 2 is 1.80 bits per heavy atom. The fraction of sp³-hybridized carbons (Fsp3) is 0.647. The van der Waals surface area contributed by atoms with Crippen molar-refractivity contribution in [3.63, 3.8) is 0 Å². The van der Waals surface area contributed by atoms with Crippen LogP contribution in [0.4, 0.5) is 4.39 Å². The van der Waals surface area contributed by atoms with Crippen molar-refractivity contribution in [3.05, 3.63) is 34.1 Å². The molecule has 20 heavy (non-hydrogen) atoms. The second-order valence-electron chi connectivity index (χ2n) is 6.50. The van der Waals surface area contributed by atoms with Crippen molar-refractivity contribution < 1.29 is 4.39 Å². The van der Waals surface area contributed by atoms with Crippen LogP contribution in [0.25, 0.3) is 0 Å². The molecule has 1 aromatic rings. The minimum absolute atomic E-state index is 0.188. The van der Waals surface area contributed by atoms with Gasteiger partial charge in [-0.05, 0) is 77.3 Å². The summed E-state index contributed by atoms with van der Waals surface area (Å²) in [4.78, 5) is 0. The highest BCUT2D eigenvalue weighted by atomic mass is 79.9. The first-order chi connectivity index (χ1) is 9.38. The largest absolute Gasteiger partial charge is 0.316 e. The normalized spacial score (nSPS) is 13.2. The summed E-state index contributed by atoms with van der Waals surface area (Å²) in [5.41, 5.74) is 1.20. The van der Waals surface area contributed by atoms with E-state index in [1.54, 1.807) is 6.07 Å². The Hall–Kier alpha value is -0.410. The molecule has 0 aliphatic rings. The molecule has 0 saturated heterocycles. The van der Waals surface area contributed by atoms with E-state index in [1.165, 1.54) is 12.0 Å². The fourth-order valence-corrected chi connectivity index (χ4v) is 2.91. The number of rotatable bonds is 8. The number of halogens is 2. The van der Waals surface area contributed by atoms with Crippen LogP contribution in [0.2, 0.25) is 0 Å². The molecule has 0 heterocycles. The number of hydrogen-bond donors (Lipinski definition) is 1. The Morgan fingerprint density at radius 3 is 2.35 bits per heavy atom. The van der Waals surface area contributed by atoms with Crippen LogP contribution in [0, 0.1) is 23.6 Å². The molecule has 1 N–H and O–H groups in total. The van der Waals surface area contributed by atoms with Crippen molar-refractivity contribution in [2.75, 3.05) is 13.1 Å². The summed E-state index contributed by atoms with van der Waals surface area (Å²) in [7, 11) is 0. The molecule has 1 atom stereocenters. The van der Waals surface area contributed by atoms with Crippen LogP contribution < -0.4 is 5.32 Å². The zero-order valence-electron chi connectivity index (χ0n) is 13.0. The highest BCUT2D eigenvalue weighted by Crippen LogP contribution is 2.21. The summed E-state index contributed by atoms with van der Waals surface area (Å²) in [6.07, 6.45) is 2.20. The molecule has 0 amide bonds. The maximum atomic E-state index is 13.3. The number of hydrogen-bond acceptors (Lipinski definition) is 1. The van der Waals surface area contributed by atoms with E-state index in [4.69, 9.17) is 0 Å². The molecule has 1 aromatic carbocycles. The maximum Gasteiger partial charge on any atom is 0.137 e. The van der Waals surface area contributed by atoms with Gasteiger partial charge in [-0.15, -0.1) is 0 Å². The summed E-state index contributed by atoms with van der Waals surface area (Å²) < 4.78 is 13.8. The Bertz CT molecular complexity index is 404. The molecule has 0 bridgehead atoms. The molecule has 114 valence electrons. The van der Waals surface area contributed by atoms with E-state index in [0.29, 0.717) is 22.2 Å². The second-order valence-corrected chi connectivity index (χ2v) is 7.35. The standard InChI is InChI=1S/C17H27BrFN/c1-12(2)7-15(11-20-10-13(3)4)8-14-5-6-17(19)16(18)9-14/h5-6,9,12-13,15,20H,7-8,10-11H2,1-4H3. The first kappa shape index (κ1) is 17.6. The van der Waals surface area contributed by atoms with E-state index in [-0.39, 0.29) is 5.82 Å². The molecule has 0 fully saturated rings. The minimum Gasteiger partial charge on any atom is -0.316 e. The zero-order chi connectivity index (χ0) is 15.1. The zero-order valence-corrected chi connectivity index (χ0v) is 14.6. The quantitative estimate of drug-likeness (QED) is 0.697. The smallest absolute Gasteiger partial charge is 0.137 e. The Labute approximate surface area is 131 Å². The van der Waals surface area contributed by atoms with Crippen molar-refractivity contribution in [1.82, 2.24) is 5.32 Å². The summed E-state index contributed by atoms with van der Waals surface area (Å²) in [6.45, 7) is 11.1. The predicted octanol–water partition coefficient (Wildman–Crippen LogP) is 5.04. The van der Waals surface area contributed by atoms with Gasteiger partial charge in [0.25, 0.3) is 0 Å². The van der Waals surface area contributed by atoms with Gasteiger partial charge in [-0.3, -0.25) is 0 Å². The van der Waals surface area contributed by atoms with E-state index in [2.05, 4.69) is 48.9 Å². The van der Waals surface area contributed by atoms with Gasteiger partial charge < -0.3 is 5.32 Å². The van der Waals surface area contributed by atoms with Gasteiger partial charge in [0.05, 0.1) is 4.47 Å². The molecule has 1 unspecified atom stereocenters. The highest BCUT2D eigenvalue weighted by Gasteiger charge is 2.13. The van der Waals surface area contributed by atoms with Gasteiger partial charge in [0.15, 0.2) is 0 Å². The Kier molecular flexibility index (Phi) is 7.75. The first-order valence-electron chi connectivity index (χ1n) is 7.53. The predicted molar refractivity (Wildman–Crippen MR) is 88.5 cm³/mol. The molecule has 3 heteroatoms. The van der Waals surface area contributed by atoms with Gasteiger partial charge in [0.1, 0.15) is 5.82 Å². The summed E-state index contributed by atoms with van der Waals surface area (Å²) >= 11 is 3.27. The van der Waals surface area contributed by atoms with Crippen LogP contribution in [0.1, 0.15) is 39.7 Å². The van der Waals surface area contributed by atoms with E-state index in [1.807, 2.05) is 12.1 Å². The van der Waals surface area contributed by atoms with Gasteiger partial charge in [0, 0.05) is 0 Å². The minimum atomic E-state index is -0.188. The molecule has 1 rings (SSSR count). The molecule has 0 aromatic heterocycles. The van der Waals surface area contributed by atoms with Crippen molar-refractivity contribution in [1.29, 1.82) is 0 Å². The van der Waals surface area contributed by atoms with E-state index in [0.717, 1.165) is 19.5 Å². The first-order valence-corrected chi connectivity index (χ1v) is 8.32. The molecule has 0 radical (unpaired) electrons. The molecule has 0 spiro atoms. The van der Waals surface area contributed by atoms with Crippen molar-refractivity contribution in [3.8, 4) is 0 Å². The third kappa shape index (κ3) is 6.85. The average Bonchev–Trinajstić information content (AvgIpc) is 2.32. The van der Waals surface area contributed by atoms with Gasteiger partial charge in [-0.2, -0.15) is 0 Å². The summed E-state index contributed by atoms with van der Waals surface area (Å²) in [5.74, 6) is 1.78. The fourth-order valence-electron chi connectivity index (χ4n) is 2.48. The highest BCUT2D eigenvalue weighted by molar-refractivity contribution is 9.10. The van der Waals surface area contributed by atoms with E-state index < -0.39 is 0 Å². The number of nitrogens with one attached hydrogen (secondary N) is 1. The van der Waals surface area contributed by atoms with Crippen LogP contribution in [0.15, 0.2) is 22.7 Å². The lowest BCUT2D eigenvalue weighted by molar-refractivity contribution is 0.376. The van der Waals surface area contributed by atoms with Gasteiger partial charge in [-0.1, -0.05) is 33.8 Å². The summed E-state index contributed by atoms with van der Waals surface area (Å²) in [5, 5.41) is 3.55. The molecule has 0 saturated carbocycles. The lowest BCUT2D eigenvalue weighted by Gasteiger charge is -2.20. The van der Waals surface area contributed by atoms with Gasteiger partial charge >= 0.3 is 0 Å². The van der Waals surface area contributed by atoms with Gasteiger partial charge in [0.2, 0.25) is 0 Å². The third-order valence-electron chi connectivity index (χ3n) is 3.30. The second kappa shape index (κ2) is 8.78. The lowest BCUT2D eigenvalue weighted by atomic mass is 9.91. The Morgan fingerprint density at radius 1 is 1.10 bits per heavy atom. The monoisotopic (exact) mass is 343 g/mol. The molecule has 0 aliphatic carbocycles. The van der Waals surface area contributed by atoms with Crippen LogP contribution >= 0.6 is 15.9 Å². The number of benzene rings is 1. The van der Waals surface area contributed by atoms with Gasteiger partial charge in [-0.25, -0.2) is 4.39 Å². The SMILES string of the molecule is CC(C)CNCC(Cc1ccc(F)c(Br)c1)CC(C)C. The molecule has 0 aliphatic heterocycles. The van der Waals surface area contributed by atoms with Crippen LogP contribution in [-0.2, 0) is 6.42 Å². The van der Waals surface area contributed by atoms with Crippen molar-refractivity contribution >= 4 is 15.9 Å². The third-order valence-corrected chi connectivity index (χ3v) is 3.91. The topological polar surface area (TPSA) is 12.0 Å². The van der Waals surface area contributed by atoms with Crippen molar-refractivity contribution in [2.45, 2.75) is 40.5 Å². The van der Waals surface area contributed by atoms with Crippen LogP contribution in [0.5, 0.6) is 0 Å². The van der Waals surface area contributed by atoms with Crippen LogP contribution in [0.3, 0.4) is 0 Å². The molecular weight excluding hydrogens is 317 g/mol. The van der Waals surface area contributed by atoms with E-state index >= 15 is 0 Å². The average molecular weight is 344 g/mol. The Balaban J connectivity index is 2.60. The maximum absolute atomic E-state index is 13.3. The lowest BCUT2D eigenvalue weighted by Crippen LogP contribution is -2.28. The molecular formula is C17H27BrFN. The molecule has 1 nitrogen and oxygen atoms in total. The summed E-state index contributed by atoms with van der Waals surface area (Å²) in [6, 6.07) is 5.36.